The van der Waals surface area contributed by atoms with Crippen molar-refractivity contribution in [3.05, 3.63) is 33.7 Å². The van der Waals surface area contributed by atoms with Gasteiger partial charge in [-0.1, -0.05) is 0 Å². The summed E-state index contributed by atoms with van der Waals surface area (Å²) in [7, 11) is 0. The molecule has 18 heavy (non-hydrogen) atoms. The number of halogens is 1. The number of aryl methyl sites for hydroxylation is 1. The average molecular weight is 273 g/mol. The molecular formula is C11H9ClO6. The summed E-state index contributed by atoms with van der Waals surface area (Å²) >= 11 is 0. The Hall–Kier alpha value is -2.21. The van der Waals surface area contributed by atoms with Gasteiger partial charge in [0.05, 0.1) is 5.39 Å². The lowest BCUT2D eigenvalue weighted by Gasteiger charge is -2.04. The molecule has 0 aliphatic rings. The van der Waals surface area contributed by atoms with E-state index >= 15 is 0 Å². The smallest absolute Gasteiger partial charge is 0.343 e. The highest BCUT2D eigenvalue weighted by Crippen LogP contribution is 2.29. The Morgan fingerprint density at radius 1 is 1.22 bits per heavy atom. The fraction of sp³-hybridized carbons (Fsp3) is 0.0909. The molecule has 3 N–H and O–H groups in total. The molecule has 0 saturated heterocycles. The molecule has 0 fully saturated rings. The number of benzene rings is 1. The summed E-state index contributed by atoms with van der Waals surface area (Å²) in [5, 5.41) is 27.3. The number of phenolic OH excluding ortho intramolecular Hbond substituents is 2. The Labute approximate surface area is 107 Å². The lowest BCUT2D eigenvalue weighted by molar-refractivity contribution is 0.0692. The highest BCUT2D eigenvalue weighted by molar-refractivity contribution is 5.93. The third-order valence-electron chi connectivity index (χ3n) is 2.38. The lowest BCUT2D eigenvalue weighted by atomic mass is 10.1. The second-order valence-corrected chi connectivity index (χ2v) is 3.50. The molecule has 0 atom stereocenters. The summed E-state index contributed by atoms with van der Waals surface area (Å²) < 4.78 is 5.12. The molecule has 0 bridgehead atoms. The van der Waals surface area contributed by atoms with Gasteiger partial charge in [0, 0.05) is 6.07 Å². The van der Waals surface area contributed by atoms with Crippen LogP contribution in [0.4, 0.5) is 0 Å². The van der Waals surface area contributed by atoms with Crippen molar-refractivity contribution in [2.75, 3.05) is 0 Å². The van der Waals surface area contributed by atoms with Crippen molar-refractivity contribution in [3.8, 4) is 11.5 Å². The maximum Gasteiger partial charge on any atom is 0.343 e. The van der Waals surface area contributed by atoms with Crippen LogP contribution in [0.2, 0.25) is 0 Å². The zero-order chi connectivity index (χ0) is 12.7. The predicted octanol–water partition coefficient (Wildman–Crippen LogP) is 1.63. The SMILES string of the molecule is Cc1oc2cc(O)c(O)cc2c(=O)c1C(=O)O.Cl. The van der Waals surface area contributed by atoms with Crippen LogP contribution in [-0.4, -0.2) is 21.3 Å². The zero-order valence-corrected chi connectivity index (χ0v) is 9.95. The average Bonchev–Trinajstić information content (AvgIpc) is 2.21. The Morgan fingerprint density at radius 3 is 2.33 bits per heavy atom. The number of hydrogen-bond acceptors (Lipinski definition) is 5. The van der Waals surface area contributed by atoms with Crippen LogP contribution in [0.15, 0.2) is 21.3 Å². The summed E-state index contributed by atoms with van der Waals surface area (Å²) in [6.45, 7) is 1.34. The third kappa shape index (κ3) is 1.98. The van der Waals surface area contributed by atoms with Gasteiger partial charge in [-0.25, -0.2) is 4.79 Å². The van der Waals surface area contributed by atoms with E-state index in [0.29, 0.717) is 0 Å². The van der Waals surface area contributed by atoms with E-state index in [0.717, 1.165) is 12.1 Å². The normalized spacial score (nSPS) is 10.1. The molecule has 1 aromatic carbocycles. The van der Waals surface area contributed by atoms with E-state index in [4.69, 9.17) is 9.52 Å². The molecule has 6 nitrogen and oxygen atoms in total. The van der Waals surface area contributed by atoms with Crippen LogP contribution in [0.25, 0.3) is 11.0 Å². The summed E-state index contributed by atoms with van der Waals surface area (Å²) in [5.74, 6) is -2.40. The predicted molar refractivity (Wildman–Crippen MR) is 64.8 cm³/mol. The maximum atomic E-state index is 11.8. The van der Waals surface area contributed by atoms with E-state index in [9.17, 15) is 19.8 Å². The van der Waals surface area contributed by atoms with E-state index in [1.165, 1.54) is 6.92 Å². The summed E-state index contributed by atoms with van der Waals surface area (Å²) in [6, 6.07) is 2.03. The highest BCUT2D eigenvalue weighted by Gasteiger charge is 2.18. The van der Waals surface area contributed by atoms with Gasteiger partial charge >= 0.3 is 5.97 Å². The van der Waals surface area contributed by atoms with E-state index in [1.807, 2.05) is 0 Å². The molecule has 1 heterocycles. The van der Waals surface area contributed by atoms with Gasteiger partial charge in [-0.3, -0.25) is 4.79 Å². The molecule has 0 radical (unpaired) electrons. The fourth-order valence-electron chi connectivity index (χ4n) is 1.58. The van der Waals surface area contributed by atoms with Crippen LogP contribution in [0.3, 0.4) is 0 Å². The van der Waals surface area contributed by atoms with Gasteiger partial charge in [-0.2, -0.15) is 0 Å². The number of aromatic carboxylic acids is 1. The van der Waals surface area contributed by atoms with Crippen LogP contribution < -0.4 is 5.43 Å². The third-order valence-corrected chi connectivity index (χ3v) is 2.38. The summed E-state index contributed by atoms with van der Waals surface area (Å²) in [6.07, 6.45) is 0. The molecule has 2 rings (SSSR count). The Bertz CT molecular complexity index is 688. The second-order valence-electron chi connectivity index (χ2n) is 3.50. The monoisotopic (exact) mass is 272 g/mol. The molecule has 0 amide bonds. The van der Waals surface area contributed by atoms with E-state index in [1.54, 1.807) is 0 Å². The first-order chi connectivity index (χ1) is 7.91. The first-order valence-electron chi connectivity index (χ1n) is 4.64. The Morgan fingerprint density at radius 2 is 1.78 bits per heavy atom. The second kappa shape index (κ2) is 4.58. The van der Waals surface area contributed by atoms with Crippen molar-refractivity contribution in [2.24, 2.45) is 0 Å². The van der Waals surface area contributed by atoms with Crippen molar-refractivity contribution in [3.63, 3.8) is 0 Å². The number of carboxylic acids is 1. The van der Waals surface area contributed by atoms with Gasteiger partial charge in [-0.15, -0.1) is 12.4 Å². The molecule has 0 aliphatic heterocycles. The van der Waals surface area contributed by atoms with Gasteiger partial charge in [0.2, 0.25) is 5.43 Å². The van der Waals surface area contributed by atoms with Crippen LogP contribution in [-0.2, 0) is 0 Å². The number of phenols is 2. The molecule has 1 aromatic heterocycles. The highest BCUT2D eigenvalue weighted by atomic mass is 35.5. The molecule has 0 saturated carbocycles. The number of carbonyl (C=O) groups is 1. The molecule has 2 aromatic rings. The largest absolute Gasteiger partial charge is 0.504 e. The lowest BCUT2D eigenvalue weighted by Crippen LogP contribution is -2.16. The van der Waals surface area contributed by atoms with Gasteiger partial charge in [-0.05, 0) is 13.0 Å². The maximum absolute atomic E-state index is 11.8. The quantitative estimate of drug-likeness (QED) is 0.681. The van der Waals surface area contributed by atoms with Crippen molar-refractivity contribution in [1.29, 1.82) is 0 Å². The minimum absolute atomic E-state index is 0. The number of aromatic hydroxyl groups is 2. The van der Waals surface area contributed by atoms with E-state index in [2.05, 4.69) is 0 Å². The van der Waals surface area contributed by atoms with Crippen molar-refractivity contribution in [1.82, 2.24) is 0 Å². The van der Waals surface area contributed by atoms with Crippen molar-refractivity contribution < 1.29 is 24.5 Å². The van der Waals surface area contributed by atoms with E-state index < -0.39 is 28.5 Å². The van der Waals surface area contributed by atoms with Gasteiger partial charge < -0.3 is 19.7 Å². The number of carboxylic acid groups (broad SMARTS) is 1. The van der Waals surface area contributed by atoms with Gasteiger partial charge in [0.25, 0.3) is 0 Å². The first kappa shape index (κ1) is 13.9. The van der Waals surface area contributed by atoms with Crippen molar-refractivity contribution >= 4 is 29.3 Å². The molecule has 0 aliphatic carbocycles. The van der Waals surface area contributed by atoms with Crippen LogP contribution in [0.1, 0.15) is 16.1 Å². The van der Waals surface area contributed by atoms with Crippen molar-refractivity contribution in [2.45, 2.75) is 6.92 Å². The molecule has 7 heteroatoms. The van der Waals surface area contributed by atoms with Gasteiger partial charge in [0.15, 0.2) is 11.5 Å². The molecule has 0 spiro atoms. The number of fused-ring (bicyclic) bond motifs is 1. The summed E-state index contributed by atoms with van der Waals surface area (Å²) in [5.41, 5.74) is -1.22. The Balaban J connectivity index is 0.00000162. The van der Waals surface area contributed by atoms with Crippen LogP contribution in [0, 0.1) is 6.92 Å². The fourth-order valence-corrected chi connectivity index (χ4v) is 1.58. The van der Waals surface area contributed by atoms with E-state index in [-0.39, 0.29) is 29.1 Å². The number of rotatable bonds is 1. The minimum atomic E-state index is -1.40. The molecule has 0 unspecified atom stereocenters. The van der Waals surface area contributed by atoms with Crippen LogP contribution >= 0.6 is 12.4 Å². The Kier molecular flexibility index (Phi) is 3.52. The van der Waals surface area contributed by atoms with Crippen LogP contribution in [0.5, 0.6) is 11.5 Å². The molecule has 96 valence electrons. The standard InChI is InChI=1S/C11H8O6.ClH/c1-4-9(11(15)16)10(14)5-2-6(12)7(13)3-8(5)17-4;/h2-3,12-13H,1H3,(H,15,16);1H. The minimum Gasteiger partial charge on any atom is -0.504 e. The first-order valence-corrected chi connectivity index (χ1v) is 4.64. The summed E-state index contributed by atoms with van der Waals surface area (Å²) in [4.78, 5) is 22.7. The topological polar surface area (TPSA) is 108 Å². The molecular weight excluding hydrogens is 264 g/mol. The number of hydrogen-bond donors (Lipinski definition) is 3. The zero-order valence-electron chi connectivity index (χ0n) is 9.13. The van der Waals surface area contributed by atoms with Gasteiger partial charge in [0.1, 0.15) is 16.9 Å².